The summed E-state index contributed by atoms with van der Waals surface area (Å²) < 4.78 is 13.7. The van der Waals surface area contributed by atoms with E-state index >= 15 is 0 Å². The molecule has 1 amide bonds. The standard InChI is InChI=1S/C28H30ClN3O3/c1-17(2)24-14-25(29)18(3)11-27(24)34-16-23-9-10-26(35-23)28(33)30-22-8-6-7-21(13-22)15-32-20(5)12-19(4)31-32/h6-14,17H,15-16H2,1-5H3,(H,30,33). The Hall–Kier alpha value is -3.51. The maximum Gasteiger partial charge on any atom is 0.291 e. The van der Waals surface area contributed by atoms with E-state index < -0.39 is 0 Å². The highest BCUT2D eigenvalue weighted by Gasteiger charge is 2.15. The smallest absolute Gasteiger partial charge is 0.291 e. The summed E-state index contributed by atoms with van der Waals surface area (Å²) in [6.07, 6.45) is 0. The summed E-state index contributed by atoms with van der Waals surface area (Å²) in [5.74, 6) is 1.51. The molecule has 0 radical (unpaired) electrons. The lowest BCUT2D eigenvalue weighted by Crippen LogP contribution is -2.11. The minimum atomic E-state index is -0.315. The average Bonchev–Trinajstić information content (AvgIpc) is 3.40. The van der Waals surface area contributed by atoms with E-state index in [1.54, 1.807) is 12.1 Å². The number of aryl methyl sites for hydroxylation is 3. The molecular formula is C28H30ClN3O3. The molecule has 2 heterocycles. The Labute approximate surface area is 210 Å². The predicted molar refractivity (Wildman–Crippen MR) is 139 cm³/mol. The number of halogens is 1. The Morgan fingerprint density at radius 2 is 1.91 bits per heavy atom. The maximum atomic E-state index is 12.8. The van der Waals surface area contributed by atoms with Crippen molar-refractivity contribution in [3.8, 4) is 5.75 Å². The number of hydrogen-bond acceptors (Lipinski definition) is 4. The fraction of sp³-hybridized carbons (Fsp3) is 0.286. The van der Waals surface area contributed by atoms with Gasteiger partial charge in [0.25, 0.3) is 5.91 Å². The summed E-state index contributed by atoms with van der Waals surface area (Å²) in [6.45, 7) is 11.0. The number of furan rings is 1. The van der Waals surface area contributed by atoms with Crippen molar-refractivity contribution in [2.24, 2.45) is 0 Å². The normalized spacial score (nSPS) is 11.2. The van der Waals surface area contributed by atoms with Gasteiger partial charge in [-0.25, -0.2) is 0 Å². The monoisotopic (exact) mass is 491 g/mol. The lowest BCUT2D eigenvalue weighted by molar-refractivity contribution is 0.0992. The number of aromatic nitrogens is 2. The summed E-state index contributed by atoms with van der Waals surface area (Å²) in [7, 11) is 0. The number of carbonyl (C=O) groups is 1. The molecule has 2 aromatic heterocycles. The largest absolute Gasteiger partial charge is 0.485 e. The highest BCUT2D eigenvalue weighted by atomic mass is 35.5. The number of ether oxygens (including phenoxy) is 1. The van der Waals surface area contributed by atoms with Crippen molar-refractivity contribution < 1.29 is 13.9 Å². The van der Waals surface area contributed by atoms with Gasteiger partial charge >= 0.3 is 0 Å². The van der Waals surface area contributed by atoms with Crippen LogP contribution in [0.4, 0.5) is 5.69 Å². The second-order valence-corrected chi connectivity index (χ2v) is 9.50. The zero-order valence-corrected chi connectivity index (χ0v) is 21.4. The molecule has 0 saturated heterocycles. The second kappa shape index (κ2) is 10.4. The van der Waals surface area contributed by atoms with Crippen LogP contribution < -0.4 is 10.1 Å². The number of amides is 1. The molecule has 0 aliphatic heterocycles. The van der Waals surface area contributed by atoms with Gasteiger partial charge in [0.15, 0.2) is 5.76 Å². The van der Waals surface area contributed by atoms with Gasteiger partial charge < -0.3 is 14.5 Å². The Balaban J connectivity index is 1.40. The van der Waals surface area contributed by atoms with Crippen LogP contribution in [0.2, 0.25) is 5.02 Å². The van der Waals surface area contributed by atoms with Crippen molar-refractivity contribution in [1.82, 2.24) is 9.78 Å². The van der Waals surface area contributed by atoms with Gasteiger partial charge in [0.05, 0.1) is 12.2 Å². The molecule has 0 bridgehead atoms. The zero-order chi connectivity index (χ0) is 25.1. The minimum Gasteiger partial charge on any atom is -0.485 e. The van der Waals surface area contributed by atoms with Crippen molar-refractivity contribution in [3.63, 3.8) is 0 Å². The van der Waals surface area contributed by atoms with Crippen molar-refractivity contribution in [2.75, 3.05) is 5.32 Å². The number of benzene rings is 2. The van der Waals surface area contributed by atoms with Crippen LogP contribution in [0.1, 0.15) is 64.2 Å². The first-order valence-electron chi connectivity index (χ1n) is 11.6. The van der Waals surface area contributed by atoms with Gasteiger partial charge in [-0.2, -0.15) is 5.10 Å². The van der Waals surface area contributed by atoms with Crippen LogP contribution in [0.3, 0.4) is 0 Å². The SMILES string of the molecule is Cc1cc(C)n(Cc2cccc(NC(=O)c3ccc(COc4cc(C)c(Cl)cc4C(C)C)o3)c2)n1. The molecule has 0 atom stereocenters. The van der Waals surface area contributed by atoms with Crippen LogP contribution in [-0.4, -0.2) is 15.7 Å². The van der Waals surface area contributed by atoms with Crippen molar-refractivity contribution >= 4 is 23.2 Å². The van der Waals surface area contributed by atoms with E-state index in [-0.39, 0.29) is 24.2 Å². The van der Waals surface area contributed by atoms with E-state index in [0.717, 1.165) is 38.9 Å². The molecule has 35 heavy (non-hydrogen) atoms. The molecule has 4 rings (SSSR count). The van der Waals surface area contributed by atoms with Gasteiger partial charge in [0.2, 0.25) is 0 Å². The van der Waals surface area contributed by atoms with Gasteiger partial charge in [-0.15, -0.1) is 0 Å². The number of nitrogens with zero attached hydrogens (tertiary/aromatic N) is 2. The van der Waals surface area contributed by atoms with Crippen LogP contribution in [0.25, 0.3) is 0 Å². The van der Waals surface area contributed by atoms with E-state index in [0.29, 0.717) is 18.0 Å². The van der Waals surface area contributed by atoms with E-state index in [2.05, 4.69) is 24.3 Å². The lowest BCUT2D eigenvalue weighted by Gasteiger charge is -2.15. The fourth-order valence-electron chi connectivity index (χ4n) is 3.92. The van der Waals surface area contributed by atoms with E-state index in [9.17, 15) is 4.79 Å². The number of anilines is 1. The molecule has 2 aromatic carbocycles. The molecule has 0 spiro atoms. The molecule has 182 valence electrons. The summed E-state index contributed by atoms with van der Waals surface area (Å²) in [6, 6.07) is 17.1. The highest BCUT2D eigenvalue weighted by Crippen LogP contribution is 2.32. The minimum absolute atomic E-state index is 0.214. The van der Waals surface area contributed by atoms with Crippen molar-refractivity contribution in [3.05, 3.63) is 99.2 Å². The fourth-order valence-corrected chi connectivity index (χ4v) is 4.09. The first-order valence-corrected chi connectivity index (χ1v) is 12.0. The number of hydrogen-bond donors (Lipinski definition) is 1. The quantitative estimate of drug-likeness (QED) is 0.286. The summed E-state index contributed by atoms with van der Waals surface area (Å²) in [4.78, 5) is 12.8. The molecule has 0 fully saturated rings. The van der Waals surface area contributed by atoms with Crippen LogP contribution >= 0.6 is 11.6 Å². The van der Waals surface area contributed by atoms with E-state index in [1.807, 2.05) is 67.9 Å². The Morgan fingerprint density at radius 3 is 2.63 bits per heavy atom. The Kier molecular flexibility index (Phi) is 7.31. The first-order chi connectivity index (χ1) is 16.7. The maximum absolute atomic E-state index is 12.8. The van der Waals surface area contributed by atoms with Crippen molar-refractivity contribution in [1.29, 1.82) is 0 Å². The van der Waals surface area contributed by atoms with Crippen molar-refractivity contribution in [2.45, 2.75) is 53.7 Å². The number of nitrogens with one attached hydrogen (secondary N) is 1. The van der Waals surface area contributed by atoms with Crippen LogP contribution in [0.15, 0.2) is 59.0 Å². The molecule has 7 heteroatoms. The highest BCUT2D eigenvalue weighted by molar-refractivity contribution is 6.31. The predicted octanol–water partition coefficient (Wildman–Crippen LogP) is 7.06. The second-order valence-electron chi connectivity index (χ2n) is 9.09. The average molecular weight is 492 g/mol. The molecule has 0 unspecified atom stereocenters. The third-order valence-electron chi connectivity index (χ3n) is 5.79. The third kappa shape index (κ3) is 5.95. The summed E-state index contributed by atoms with van der Waals surface area (Å²) >= 11 is 6.29. The third-order valence-corrected chi connectivity index (χ3v) is 6.20. The molecule has 0 aliphatic carbocycles. The number of rotatable bonds is 8. The molecule has 6 nitrogen and oxygen atoms in total. The van der Waals surface area contributed by atoms with Gasteiger partial charge in [0.1, 0.15) is 18.1 Å². The van der Waals surface area contributed by atoms with E-state index in [1.165, 1.54) is 0 Å². The molecule has 4 aromatic rings. The number of carbonyl (C=O) groups excluding carboxylic acids is 1. The van der Waals surface area contributed by atoms with Gasteiger partial charge in [-0.1, -0.05) is 37.6 Å². The van der Waals surface area contributed by atoms with Gasteiger partial charge in [-0.3, -0.25) is 9.48 Å². The van der Waals surface area contributed by atoms with Gasteiger partial charge in [-0.05, 0) is 85.8 Å². The zero-order valence-electron chi connectivity index (χ0n) is 20.7. The van der Waals surface area contributed by atoms with Crippen LogP contribution in [0.5, 0.6) is 5.75 Å². The van der Waals surface area contributed by atoms with Crippen LogP contribution in [0, 0.1) is 20.8 Å². The molecule has 1 N–H and O–H groups in total. The Bertz CT molecular complexity index is 1350. The van der Waals surface area contributed by atoms with Gasteiger partial charge in [0, 0.05) is 16.4 Å². The Morgan fingerprint density at radius 1 is 1.11 bits per heavy atom. The summed E-state index contributed by atoms with van der Waals surface area (Å²) in [5.41, 5.74) is 5.80. The molecule has 0 saturated carbocycles. The first kappa shape index (κ1) is 24.6. The topological polar surface area (TPSA) is 69.3 Å². The van der Waals surface area contributed by atoms with Crippen LogP contribution in [-0.2, 0) is 13.2 Å². The lowest BCUT2D eigenvalue weighted by atomic mass is 10.0. The van der Waals surface area contributed by atoms with E-state index in [4.69, 9.17) is 20.8 Å². The summed E-state index contributed by atoms with van der Waals surface area (Å²) in [5, 5.41) is 8.14. The molecule has 0 aliphatic rings. The molecular weight excluding hydrogens is 462 g/mol.